The first kappa shape index (κ1) is 18.3. The highest BCUT2D eigenvalue weighted by molar-refractivity contribution is 7.82. The van der Waals surface area contributed by atoms with Crippen LogP contribution in [0.5, 0.6) is 0 Å². The van der Waals surface area contributed by atoms with E-state index in [1.54, 1.807) is 20.8 Å². The monoisotopic (exact) mass is 366 g/mol. The van der Waals surface area contributed by atoms with Crippen molar-refractivity contribution in [2.45, 2.75) is 51.4 Å². The quantitative estimate of drug-likeness (QED) is 0.341. The molecule has 4 aliphatic carbocycles. The van der Waals surface area contributed by atoms with Crippen LogP contribution in [0.15, 0.2) is 12.2 Å². The third kappa shape index (κ3) is 2.67. The first-order valence-corrected chi connectivity index (χ1v) is 9.09. The number of allylic oxidation sites excluding steroid dienone is 2. The summed E-state index contributed by atoms with van der Waals surface area (Å²) in [5.41, 5.74) is 0.750. The highest BCUT2D eigenvalue weighted by Gasteiger charge is 2.72. The Kier molecular flexibility index (Phi) is 4.02. The van der Waals surface area contributed by atoms with Crippen molar-refractivity contribution in [2.75, 3.05) is 0 Å². The van der Waals surface area contributed by atoms with E-state index >= 15 is 0 Å². The normalized spacial score (nSPS) is 40.9. The van der Waals surface area contributed by atoms with E-state index in [4.69, 9.17) is 17.4 Å². The van der Waals surface area contributed by atoms with Crippen molar-refractivity contribution in [3.05, 3.63) is 12.2 Å². The molecule has 6 nitrogen and oxygen atoms in total. The molecule has 4 rings (SSSR count). The van der Waals surface area contributed by atoms with Crippen LogP contribution in [0.3, 0.4) is 0 Å². The third-order valence-electron chi connectivity index (χ3n) is 6.12. The molecule has 0 aromatic heterocycles. The Balaban J connectivity index is 1.82. The number of imide groups is 1. The standard InChI is InChI=1S/C18H26N2O4S/c1-10-11-6-7-13(18(25)8-12(11)18)17(10,5)14(22)20(9-21)19-15(23)24-16(2,3)4/h6-7,9-13,25H,8H2,1-5H3,(H,19,23). The number of hydrazine groups is 1. The third-order valence-corrected chi connectivity index (χ3v) is 6.92. The average molecular weight is 366 g/mol. The summed E-state index contributed by atoms with van der Waals surface area (Å²) in [4.78, 5) is 36.7. The second kappa shape index (κ2) is 5.50. The van der Waals surface area contributed by atoms with Gasteiger partial charge in [0.25, 0.3) is 5.91 Å². The summed E-state index contributed by atoms with van der Waals surface area (Å²) >= 11 is 4.85. The summed E-state index contributed by atoms with van der Waals surface area (Å²) in [6.45, 7) is 9.06. The van der Waals surface area contributed by atoms with Gasteiger partial charge in [-0.05, 0) is 51.9 Å². The van der Waals surface area contributed by atoms with Crippen molar-refractivity contribution >= 4 is 31.0 Å². The molecule has 2 saturated carbocycles. The summed E-state index contributed by atoms with van der Waals surface area (Å²) < 4.78 is 4.96. The van der Waals surface area contributed by atoms with Crippen LogP contribution in [0.1, 0.15) is 41.0 Å². The minimum atomic E-state index is -0.828. The molecule has 2 bridgehead atoms. The number of nitrogens with one attached hydrogen (secondary N) is 1. The lowest BCUT2D eigenvalue weighted by Gasteiger charge is -2.53. The molecule has 7 heteroatoms. The zero-order chi connectivity index (χ0) is 18.8. The molecule has 138 valence electrons. The van der Waals surface area contributed by atoms with Crippen LogP contribution in [0, 0.1) is 29.1 Å². The van der Waals surface area contributed by atoms with Gasteiger partial charge in [0.15, 0.2) is 0 Å². The van der Waals surface area contributed by atoms with E-state index in [1.807, 2.05) is 13.8 Å². The van der Waals surface area contributed by atoms with E-state index in [0.29, 0.717) is 12.3 Å². The number of carbonyl (C=O) groups is 3. The van der Waals surface area contributed by atoms with Gasteiger partial charge >= 0.3 is 6.09 Å². The maximum atomic E-state index is 13.2. The summed E-state index contributed by atoms with van der Waals surface area (Å²) in [5.74, 6) is 0.338. The topological polar surface area (TPSA) is 75.7 Å². The number of fused-ring (bicyclic) bond motifs is 1. The van der Waals surface area contributed by atoms with Crippen LogP contribution < -0.4 is 5.43 Å². The van der Waals surface area contributed by atoms with Gasteiger partial charge in [-0.25, -0.2) is 10.2 Å². The van der Waals surface area contributed by atoms with E-state index in [1.165, 1.54) is 0 Å². The Labute approximate surface area is 153 Å². The van der Waals surface area contributed by atoms with Crippen molar-refractivity contribution < 1.29 is 19.1 Å². The molecule has 0 saturated heterocycles. The number of rotatable bonds is 2. The Morgan fingerprint density at radius 1 is 1.36 bits per heavy atom. The second-order valence-electron chi connectivity index (χ2n) is 8.71. The lowest BCUT2D eigenvalue weighted by Crippen LogP contribution is -2.61. The molecule has 25 heavy (non-hydrogen) atoms. The van der Waals surface area contributed by atoms with Gasteiger partial charge in [-0.2, -0.15) is 17.6 Å². The molecule has 6 unspecified atom stereocenters. The van der Waals surface area contributed by atoms with Crippen molar-refractivity contribution in [3.8, 4) is 0 Å². The summed E-state index contributed by atoms with van der Waals surface area (Å²) in [6, 6.07) is 0. The number of amides is 3. The molecule has 0 spiro atoms. The van der Waals surface area contributed by atoms with Gasteiger partial charge in [0, 0.05) is 10.7 Å². The highest BCUT2D eigenvalue weighted by Crippen LogP contribution is 2.72. The molecule has 0 aliphatic heterocycles. The zero-order valence-electron chi connectivity index (χ0n) is 15.3. The SMILES string of the molecule is CC1C2C=CC(C3(S)CC23)C1(C)C(=O)N(C=O)NC(=O)OC(C)(C)C. The maximum Gasteiger partial charge on any atom is 0.427 e. The van der Waals surface area contributed by atoms with Crippen molar-refractivity contribution in [2.24, 2.45) is 29.1 Å². The maximum absolute atomic E-state index is 13.2. The van der Waals surface area contributed by atoms with E-state index in [-0.39, 0.29) is 22.5 Å². The van der Waals surface area contributed by atoms with E-state index in [9.17, 15) is 14.4 Å². The van der Waals surface area contributed by atoms with Gasteiger partial charge in [-0.3, -0.25) is 9.59 Å². The fourth-order valence-electron chi connectivity index (χ4n) is 4.69. The molecule has 0 radical (unpaired) electrons. The molecule has 0 aromatic carbocycles. The van der Waals surface area contributed by atoms with Crippen LogP contribution in [0.4, 0.5) is 4.79 Å². The minimum Gasteiger partial charge on any atom is -0.443 e. The fourth-order valence-corrected chi connectivity index (χ4v) is 5.41. The van der Waals surface area contributed by atoms with E-state index in [2.05, 4.69) is 17.6 Å². The van der Waals surface area contributed by atoms with Crippen LogP contribution >= 0.6 is 12.6 Å². The summed E-state index contributed by atoms with van der Waals surface area (Å²) in [7, 11) is 0. The molecule has 3 amide bonds. The molecule has 4 aliphatic rings. The van der Waals surface area contributed by atoms with Gasteiger partial charge in [-0.15, -0.1) is 0 Å². The fraction of sp³-hybridized carbons (Fsp3) is 0.722. The van der Waals surface area contributed by atoms with Crippen LogP contribution in [0.25, 0.3) is 0 Å². The molecule has 2 fully saturated rings. The van der Waals surface area contributed by atoms with Crippen molar-refractivity contribution in [3.63, 3.8) is 0 Å². The predicted octanol–water partition coefficient (Wildman–Crippen LogP) is 2.56. The number of hydrogen-bond acceptors (Lipinski definition) is 5. The Morgan fingerprint density at radius 2 is 2.00 bits per heavy atom. The lowest BCUT2D eigenvalue weighted by atomic mass is 9.53. The first-order valence-electron chi connectivity index (χ1n) is 8.64. The van der Waals surface area contributed by atoms with Gasteiger partial charge in [0.1, 0.15) is 5.60 Å². The van der Waals surface area contributed by atoms with Gasteiger partial charge < -0.3 is 4.74 Å². The minimum absolute atomic E-state index is 0.0608. The summed E-state index contributed by atoms with van der Waals surface area (Å²) in [6.07, 6.45) is 4.74. The Hall–Kier alpha value is -1.50. The van der Waals surface area contributed by atoms with Crippen molar-refractivity contribution in [1.29, 1.82) is 0 Å². The predicted molar refractivity (Wildman–Crippen MR) is 95.5 cm³/mol. The molecular formula is C18H26N2O4S. The van der Waals surface area contributed by atoms with Crippen LogP contribution in [-0.4, -0.2) is 33.8 Å². The van der Waals surface area contributed by atoms with Crippen LogP contribution in [-0.2, 0) is 14.3 Å². The van der Waals surface area contributed by atoms with E-state index in [0.717, 1.165) is 11.4 Å². The first-order chi connectivity index (χ1) is 11.4. The van der Waals surface area contributed by atoms with E-state index < -0.39 is 23.0 Å². The van der Waals surface area contributed by atoms with Gasteiger partial charge in [-0.1, -0.05) is 19.1 Å². The molecule has 1 N–H and O–H groups in total. The van der Waals surface area contributed by atoms with Crippen LogP contribution in [0.2, 0.25) is 0 Å². The number of nitrogens with zero attached hydrogens (tertiary/aromatic N) is 1. The largest absolute Gasteiger partial charge is 0.443 e. The average Bonchev–Trinajstić information content (AvgIpc) is 3.20. The van der Waals surface area contributed by atoms with Gasteiger partial charge in [0.2, 0.25) is 6.41 Å². The molecular weight excluding hydrogens is 340 g/mol. The number of thiol groups is 1. The Morgan fingerprint density at radius 3 is 2.56 bits per heavy atom. The summed E-state index contributed by atoms with van der Waals surface area (Å²) in [5, 5.41) is 0.730. The Bertz CT molecular complexity index is 658. The molecule has 0 aromatic rings. The smallest absolute Gasteiger partial charge is 0.427 e. The molecule has 6 atom stereocenters. The second-order valence-corrected chi connectivity index (χ2v) is 9.54. The number of carbonyl (C=O) groups excluding carboxylic acids is 3. The molecule has 0 heterocycles. The highest BCUT2D eigenvalue weighted by atomic mass is 32.1. The zero-order valence-corrected chi connectivity index (χ0v) is 16.2. The number of hydrogen-bond donors (Lipinski definition) is 2. The van der Waals surface area contributed by atoms with Crippen molar-refractivity contribution in [1.82, 2.24) is 10.4 Å². The van der Waals surface area contributed by atoms with Gasteiger partial charge in [0.05, 0.1) is 5.41 Å². The lowest BCUT2D eigenvalue weighted by molar-refractivity contribution is -0.158. The number of ether oxygens (including phenoxy) is 1.